The van der Waals surface area contributed by atoms with Crippen LogP contribution in [0.25, 0.3) is 0 Å². The van der Waals surface area contributed by atoms with Crippen molar-refractivity contribution in [2.24, 2.45) is 5.73 Å². The van der Waals surface area contributed by atoms with Crippen LogP contribution in [0, 0.1) is 0 Å². The van der Waals surface area contributed by atoms with E-state index >= 15 is 0 Å². The fourth-order valence-corrected chi connectivity index (χ4v) is 1.28. The number of nitrogen functional groups attached to an aromatic ring is 1. The summed E-state index contributed by atoms with van der Waals surface area (Å²) in [7, 11) is 0. The third-order valence-corrected chi connectivity index (χ3v) is 2.74. The van der Waals surface area contributed by atoms with Gasteiger partial charge in [-0.3, -0.25) is 0 Å². The lowest BCUT2D eigenvalue weighted by atomic mass is 10.2. The van der Waals surface area contributed by atoms with Gasteiger partial charge in [0, 0.05) is 16.9 Å². The lowest BCUT2D eigenvalue weighted by molar-refractivity contribution is -0.131. The van der Waals surface area contributed by atoms with Crippen molar-refractivity contribution in [3.63, 3.8) is 0 Å². The first kappa shape index (κ1) is 14.5. The Hall–Kier alpha value is -1.52. The Morgan fingerprint density at radius 1 is 1.22 bits per heavy atom. The highest BCUT2D eigenvalue weighted by Gasteiger charge is 2.05. The Bertz CT molecular complexity index is 412. The molecule has 1 aromatic rings. The van der Waals surface area contributed by atoms with Crippen LogP contribution in [0.1, 0.15) is 26.3 Å². The van der Waals surface area contributed by atoms with Crippen LogP contribution in [-0.4, -0.2) is 12.9 Å². The molecule has 0 aliphatic heterocycles. The van der Waals surface area contributed by atoms with Crippen LogP contribution in [0.5, 0.6) is 0 Å². The number of rotatable bonds is 6. The fraction of sp³-hybridized carbons (Fsp3) is 0.429. The summed E-state index contributed by atoms with van der Waals surface area (Å²) in [4.78, 5) is 0. The minimum Gasteiger partial charge on any atom is -0.402 e. The molecule has 0 spiro atoms. The predicted octanol–water partition coefficient (Wildman–Crippen LogP) is 2.40. The predicted molar refractivity (Wildman–Crippen MR) is 73.6 cm³/mol. The molecule has 4 nitrogen and oxygen atoms in total. The van der Waals surface area contributed by atoms with E-state index in [1.807, 2.05) is 45.0 Å². The molecule has 1 unspecified atom stereocenters. The second-order valence-corrected chi connectivity index (χ2v) is 4.35. The molecule has 4 heteroatoms. The summed E-state index contributed by atoms with van der Waals surface area (Å²) in [6.07, 6.45) is -0.293. The zero-order valence-electron chi connectivity index (χ0n) is 11.3. The maximum atomic E-state index is 5.82. The number of anilines is 1. The molecule has 0 aliphatic carbocycles. The summed E-state index contributed by atoms with van der Waals surface area (Å²) in [5, 5.41) is 0. The summed E-state index contributed by atoms with van der Waals surface area (Å²) in [6.45, 7) is 6.58. The van der Waals surface area contributed by atoms with E-state index in [9.17, 15) is 0 Å². The Balaban J connectivity index is 2.36. The van der Waals surface area contributed by atoms with Crippen molar-refractivity contribution in [1.82, 2.24) is 0 Å². The van der Waals surface area contributed by atoms with Crippen molar-refractivity contribution in [3.05, 3.63) is 41.1 Å². The molecule has 4 N–H and O–H groups in total. The Kier molecular flexibility index (Phi) is 5.68. The SMILES string of the molecule is C/C(N)=C(\C)COC(C)OCc1ccccc1N. The molecule has 0 aliphatic rings. The third kappa shape index (κ3) is 4.77. The van der Waals surface area contributed by atoms with E-state index in [1.54, 1.807) is 0 Å². The quantitative estimate of drug-likeness (QED) is 0.601. The van der Waals surface area contributed by atoms with Gasteiger partial charge in [0.05, 0.1) is 13.2 Å². The molecule has 0 amide bonds. The van der Waals surface area contributed by atoms with E-state index in [4.69, 9.17) is 20.9 Å². The zero-order chi connectivity index (χ0) is 13.5. The minimum absolute atomic E-state index is 0.293. The summed E-state index contributed by atoms with van der Waals surface area (Å²) in [5.74, 6) is 0. The molecule has 0 saturated heterocycles. The fourth-order valence-electron chi connectivity index (χ4n) is 1.28. The van der Waals surface area contributed by atoms with Gasteiger partial charge < -0.3 is 20.9 Å². The first-order chi connectivity index (χ1) is 8.50. The molecule has 18 heavy (non-hydrogen) atoms. The van der Waals surface area contributed by atoms with Gasteiger partial charge in [0.1, 0.15) is 0 Å². The zero-order valence-corrected chi connectivity index (χ0v) is 11.3. The van der Waals surface area contributed by atoms with Crippen LogP contribution in [0.3, 0.4) is 0 Å². The molecular formula is C14H22N2O2. The first-order valence-electron chi connectivity index (χ1n) is 5.99. The molecule has 0 aromatic heterocycles. The number of hydrogen-bond donors (Lipinski definition) is 2. The van der Waals surface area contributed by atoms with Gasteiger partial charge in [-0.05, 0) is 32.4 Å². The number of nitrogens with two attached hydrogens (primary N) is 2. The number of benzene rings is 1. The highest BCUT2D eigenvalue weighted by Crippen LogP contribution is 2.13. The highest BCUT2D eigenvalue weighted by molar-refractivity contribution is 5.45. The summed E-state index contributed by atoms with van der Waals surface area (Å²) in [6, 6.07) is 7.63. The number of ether oxygens (including phenoxy) is 2. The largest absolute Gasteiger partial charge is 0.402 e. The molecule has 1 aromatic carbocycles. The van der Waals surface area contributed by atoms with Crippen LogP contribution in [0.4, 0.5) is 5.69 Å². The van der Waals surface area contributed by atoms with Crippen molar-refractivity contribution < 1.29 is 9.47 Å². The van der Waals surface area contributed by atoms with Crippen molar-refractivity contribution >= 4 is 5.69 Å². The molecule has 0 bridgehead atoms. The van der Waals surface area contributed by atoms with Crippen molar-refractivity contribution in [3.8, 4) is 0 Å². The molecule has 0 saturated carbocycles. The number of allylic oxidation sites excluding steroid dienone is 1. The van der Waals surface area contributed by atoms with Crippen molar-refractivity contribution in [2.45, 2.75) is 33.7 Å². The van der Waals surface area contributed by atoms with Gasteiger partial charge in [-0.1, -0.05) is 18.2 Å². The molecule has 100 valence electrons. The van der Waals surface area contributed by atoms with Gasteiger partial charge in [0.25, 0.3) is 0 Å². The smallest absolute Gasteiger partial charge is 0.155 e. The average molecular weight is 250 g/mol. The lowest BCUT2D eigenvalue weighted by Gasteiger charge is -2.15. The normalized spacial score (nSPS) is 14.2. The van der Waals surface area contributed by atoms with Gasteiger partial charge in [0.15, 0.2) is 6.29 Å². The van der Waals surface area contributed by atoms with E-state index in [0.717, 1.165) is 22.5 Å². The van der Waals surface area contributed by atoms with Crippen LogP contribution in [0.2, 0.25) is 0 Å². The summed E-state index contributed by atoms with van der Waals surface area (Å²) >= 11 is 0. The van der Waals surface area contributed by atoms with E-state index in [1.165, 1.54) is 0 Å². The lowest BCUT2D eigenvalue weighted by Crippen LogP contribution is -2.15. The molecular weight excluding hydrogens is 228 g/mol. The molecule has 1 rings (SSSR count). The first-order valence-corrected chi connectivity index (χ1v) is 5.99. The van der Waals surface area contributed by atoms with Gasteiger partial charge in [0.2, 0.25) is 0 Å². The molecule has 0 radical (unpaired) electrons. The van der Waals surface area contributed by atoms with Crippen LogP contribution in [0.15, 0.2) is 35.5 Å². The van der Waals surface area contributed by atoms with E-state index in [0.29, 0.717) is 13.2 Å². The highest BCUT2D eigenvalue weighted by atomic mass is 16.7. The van der Waals surface area contributed by atoms with Crippen LogP contribution < -0.4 is 11.5 Å². The second-order valence-electron chi connectivity index (χ2n) is 4.35. The van der Waals surface area contributed by atoms with Gasteiger partial charge in [-0.15, -0.1) is 0 Å². The van der Waals surface area contributed by atoms with Crippen LogP contribution in [-0.2, 0) is 16.1 Å². The molecule has 0 fully saturated rings. The van der Waals surface area contributed by atoms with Crippen molar-refractivity contribution in [2.75, 3.05) is 12.3 Å². The molecule has 1 atom stereocenters. The Morgan fingerprint density at radius 3 is 2.50 bits per heavy atom. The summed E-state index contributed by atoms with van der Waals surface area (Å²) < 4.78 is 11.1. The van der Waals surface area contributed by atoms with Gasteiger partial charge in [-0.25, -0.2) is 0 Å². The second kappa shape index (κ2) is 7.03. The van der Waals surface area contributed by atoms with E-state index in [-0.39, 0.29) is 6.29 Å². The topological polar surface area (TPSA) is 70.5 Å². The summed E-state index contributed by atoms with van der Waals surface area (Å²) in [5.41, 5.74) is 15.0. The number of hydrogen-bond acceptors (Lipinski definition) is 4. The standard InChI is InChI=1S/C14H22N2O2/c1-10(11(2)15)8-17-12(3)18-9-13-6-4-5-7-14(13)16/h4-7,12H,8-9,15-16H2,1-3H3/b11-10-. The average Bonchev–Trinajstić information content (AvgIpc) is 2.34. The van der Waals surface area contributed by atoms with Crippen LogP contribution >= 0.6 is 0 Å². The number of para-hydroxylation sites is 1. The Labute approximate surface area is 109 Å². The van der Waals surface area contributed by atoms with E-state index < -0.39 is 0 Å². The third-order valence-electron chi connectivity index (χ3n) is 2.74. The van der Waals surface area contributed by atoms with Gasteiger partial charge in [-0.2, -0.15) is 0 Å². The molecule has 0 heterocycles. The minimum atomic E-state index is -0.293. The maximum absolute atomic E-state index is 5.82. The van der Waals surface area contributed by atoms with Crippen molar-refractivity contribution in [1.29, 1.82) is 0 Å². The van der Waals surface area contributed by atoms with Gasteiger partial charge >= 0.3 is 0 Å². The maximum Gasteiger partial charge on any atom is 0.155 e. The Morgan fingerprint density at radius 2 is 1.89 bits per heavy atom. The van der Waals surface area contributed by atoms with E-state index in [2.05, 4.69) is 0 Å². The monoisotopic (exact) mass is 250 g/mol.